The second-order valence-electron chi connectivity index (χ2n) is 4.55. The number of benzene rings is 1. The van der Waals surface area contributed by atoms with Gasteiger partial charge in [-0.1, -0.05) is 49.3 Å². The fraction of sp³-hybridized carbons (Fsp3) is 0.385. The van der Waals surface area contributed by atoms with Crippen LogP contribution in [0.5, 0.6) is 5.75 Å². The van der Waals surface area contributed by atoms with E-state index in [-0.39, 0.29) is 29.5 Å². The minimum absolute atomic E-state index is 0.107. The third-order valence-electron chi connectivity index (χ3n) is 2.54. The number of rotatable bonds is 6. The Kier molecular flexibility index (Phi) is 6.52. The molecule has 0 aliphatic heterocycles. The van der Waals surface area contributed by atoms with E-state index in [9.17, 15) is 4.79 Å². The number of hydrogen-bond donors (Lipinski definition) is 2. The largest absolute Gasteiger partial charge is 0.482 e. The van der Waals surface area contributed by atoms with E-state index in [4.69, 9.17) is 45.9 Å². The first-order valence-corrected chi connectivity index (χ1v) is 7.14. The predicted octanol–water partition coefficient (Wildman–Crippen LogP) is 2.80. The van der Waals surface area contributed by atoms with Gasteiger partial charge in [0.1, 0.15) is 5.75 Å². The molecule has 1 atom stereocenters. The molecule has 1 aromatic rings. The van der Waals surface area contributed by atoms with Gasteiger partial charge < -0.3 is 15.8 Å². The molecule has 0 aliphatic rings. The van der Waals surface area contributed by atoms with Crippen molar-refractivity contribution in [3.05, 3.63) is 28.2 Å². The van der Waals surface area contributed by atoms with Crippen LogP contribution in [0, 0.1) is 5.92 Å². The van der Waals surface area contributed by atoms with Crippen LogP contribution in [0.1, 0.15) is 13.8 Å². The van der Waals surface area contributed by atoms with Crippen molar-refractivity contribution in [3.63, 3.8) is 0 Å². The molecule has 3 N–H and O–H groups in total. The Morgan fingerprint density at radius 2 is 2.10 bits per heavy atom. The molecule has 0 saturated carbocycles. The summed E-state index contributed by atoms with van der Waals surface area (Å²) in [6, 6.07) is 4.42. The first-order chi connectivity index (χ1) is 9.31. The van der Waals surface area contributed by atoms with E-state index in [1.165, 1.54) is 0 Å². The van der Waals surface area contributed by atoms with Gasteiger partial charge >= 0.3 is 0 Å². The van der Waals surface area contributed by atoms with Gasteiger partial charge in [0.2, 0.25) is 0 Å². The first-order valence-electron chi connectivity index (χ1n) is 5.97. The summed E-state index contributed by atoms with van der Waals surface area (Å²) in [5, 5.41) is 3.57. The van der Waals surface area contributed by atoms with E-state index in [1.807, 2.05) is 13.8 Å². The van der Waals surface area contributed by atoms with Crippen LogP contribution < -0.4 is 15.8 Å². The third-order valence-corrected chi connectivity index (χ3v) is 3.33. The van der Waals surface area contributed by atoms with Crippen LogP contribution in [0.2, 0.25) is 10.0 Å². The maximum Gasteiger partial charge on any atom is 0.258 e. The summed E-state index contributed by atoms with van der Waals surface area (Å²) in [5.41, 5.74) is 5.57. The van der Waals surface area contributed by atoms with Gasteiger partial charge in [0, 0.05) is 5.02 Å². The molecular weight excluding hydrogens is 319 g/mol. The lowest BCUT2D eigenvalue weighted by Gasteiger charge is -2.21. The Balaban J connectivity index is 2.57. The van der Waals surface area contributed by atoms with Crippen LogP contribution in [-0.2, 0) is 4.79 Å². The van der Waals surface area contributed by atoms with Crippen LogP contribution in [0.25, 0.3) is 0 Å². The number of halogens is 2. The molecule has 0 aromatic heterocycles. The monoisotopic (exact) mass is 334 g/mol. The Labute approximate surface area is 133 Å². The standard InChI is InChI=1S/C13H16Cl2N2O2S/c1-7(2)12(13(16)20)17-11(18)6-19-10-4-3-8(14)5-9(10)15/h3-5,7,12H,6H2,1-2H3,(H2,16,20)(H,17,18). The number of amides is 1. The summed E-state index contributed by atoms with van der Waals surface area (Å²) in [5.74, 6) is 0.181. The molecule has 0 fully saturated rings. The molecule has 110 valence electrons. The fourth-order valence-electron chi connectivity index (χ4n) is 1.52. The summed E-state index contributed by atoms with van der Waals surface area (Å²) < 4.78 is 5.33. The summed E-state index contributed by atoms with van der Waals surface area (Å²) in [7, 11) is 0. The van der Waals surface area contributed by atoms with E-state index in [1.54, 1.807) is 18.2 Å². The van der Waals surface area contributed by atoms with Crippen molar-refractivity contribution >= 4 is 46.3 Å². The maximum absolute atomic E-state index is 11.8. The number of nitrogens with one attached hydrogen (secondary N) is 1. The molecule has 0 heterocycles. The lowest BCUT2D eigenvalue weighted by Crippen LogP contribution is -2.48. The second kappa shape index (κ2) is 7.67. The third kappa shape index (κ3) is 5.15. The Morgan fingerprint density at radius 3 is 2.60 bits per heavy atom. The van der Waals surface area contributed by atoms with Gasteiger partial charge in [-0.2, -0.15) is 0 Å². The normalized spacial score (nSPS) is 12.1. The molecule has 0 radical (unpaired) electrons. The van der Waals surface area contributed by atoms with Gasteiger partial charge in [-0.3, -0.25) is 4.79 Å². The van der Waals surface area contributed by atoms with E-state index < -0.39 is 0 Å². The summed E-state index contributed by atoms with van der Waals surface area (Å²) in [6.45, 7) is 3.66. The van der Waals surface area contributed by atoms with Crippen LogP contribution in [0.3, 0.4) is 0 Å². The highest BCUT2D eigenvalue weighted by Gasteiger charge is 2.19. The van der Waals surface area contributed by atoms with Crippen LogP contribution >= 0.6 is 35.4 Å². The highest BCUT2D eigenvalue weighted by molar-refractivity contribution is 7.80. The van der Waals surface area contributed by atoms with E-state index in [2.05, 4.69) is 5.32 Å². The van der Waals surface area contributed by atoms with E-state index in [0.717, 1.165) is 0 Å². The van der Waals surface area contributed by atoms with E-state index in [0.29, 0.717) is 15.8 Å². The Bertz CT molecular complexity index is 509. The number of nitrogens with two attached hydrogens (primary N) is 1. The molecule has 1 unspecified atom stereocenters. The molecule has 7 heteroatoms. The number of hydrogen-bond acceptors (Lipinski definition) is 3. The number of thiocarbonyl (C=S) groups is 1. The van der Waals surface area contributed by atoms with Crippen molar-refractivity contribution in [2.75, 3.05) is 6.61 Å². The molecular formula is C13H16Cl2N2O2S. The lowest BCUT2D eigenvalue weighted by molar-refractivity contribution is -0.123. The first kappa shape index (κ1) is 17.0. The smallest absolute Gasteiger partial charge is 0.258 e. The Hall–Kier alpha value is -1.04. The highest BCUT2D eigenvalue weighted by atomic mass is 35.5. The SMILES string of the molecule is CC(C)C(NC(=O)COc1ccc(Cl)cc1Cl)C(N)=S. The van der Waals surface area contributed by atoms with Crippen molar-refractivity contribution in [2.45, 2.75) is 19.9 Å². The van der Waals surface area contributed by atoms with Gasteiger partial charge in [0.25, 0.3) is 5.91 Å². The van der Waals surface area contributed by atoms with Crippen molar-refractivity contribution in [1.82, 2.24) is 5.32 Å². The minimum Gasteiger partial charge on any atom is -0.482 e. The average Bonchev–Trinajstić information content (AvgIpc) is 2.34. The fourth-order valence-corrected chi connectivity index (χ4v) is 2.31. The zero-order valence-electron chi connectivity index (χ0n) is 11.2. The van der Waals surface area contributed by atoms with Gasteiger partial charge in [-0.05, 0) is 24.1 Å². The minimum atomic E-state index is -0.359. The van der Waals surface area contributed by atoms with Crippen LogP contribution in [-0.4, -0.2) is 23.5 Å². The highest BCUT2D eigenvalue weighted by Crippen LogP contribution is 2.27. The molecule has 1 rings (SSSR count). The molecule has 4 nitrogen and oxygen atoms in total. The van der Waals surface area contributed by atoms with Gasteiger partial charge in [-0.25, -0.2) is 0 Å². The number of ether oxygens (including phenoxy) is 1. The van der Waals surface area contributed by atoms with Crippen LogP contribution in [0.15, 0.2) is 18.2 Å². The maximum atomic E-state index is 11.8. The summed E-state index contributed by atoms with van der Waals surface area (Å²) >= 11 is 16.6. The summed E-state index contributed by atoms with van der Waals surface area (Å²) in [4.78, 5) is 12.0. The molecule has 0 bridgehead atoms. The topological polar surface area (TPSA) is 64.3 Å². The van der Waals surface area contributed by atoms with Crippen molar-refractivity contribution in [2.24, 2.45) is 11.7 Å². The molecule has 0 saturated heterocycles. The summed E-state index contributed by atoms with van der Waals surface area (Å²) in [6.07, 6.45) is 0. The quantitative estimate of drug-likeness (QED) is 0.785. The molecule has 0 spiro atoms. The van der Waals surface area contributed by atoms with Gasteiger partial charge in [-0.15, -0.1) is 0 Å². The second-order valence-corrected chi connectivity index (χ2v) is 5.87. The van der Waals surface area contributed by atoms with E-state index >= 15 is 0 Å². The Morgan fingerprint density at radius 1 is 1.45 bits per heavy atom. The van der Waals surface area contributed by atoms with Crippen molar-refractivity contribution in [1.29, 1.82) is 0 Å². The molecule has 1 aromatic carbocycles. The number of carbonyl (C=O) groups excluding carboxylic acids is 1. The molecule has 0 aliphatic carbocycles. The molecule has 1 amide bonds. The van der Waals surface area contributed by atoms with Crippen LogP contribution in [0.4, 0.5) is 0 Å². The van der Waals surface area contributed by atoms with Crippen molar-refractivity contribution in [3.8, 4) is 5.75 Å². The van der Waals surface area contributed by atoms with Gasteiger partial charge in [0.05, 0.1) is 16.1 Å². The zero-order valence-corrected chi connectivity index (χ0v) is 13.5. The lowest BCUT2D eigenvalue weighted by atomic mass is 10.0. The van der Waals surface area contributed by atoms with Crippen molar-refractivity contribution < 1.29 is 9.53 Å². The predicted molar refractivity (Wildman–Crippen MR) is 85.5 cm³/mol. The molecule has 20 heavy (non-hydrogen) atoms. The van der Waals surface area contributed by atoms with Gasteiger partial charge in [0.15, 0.2) is 6.61 Å². The zero-order chi connectivity index (χ0) is 15.3. The number of carbonyl (C=O) groups is 1. The average molecular weight is 335 g/mol.